The highest BCUT2D eigenvalue weighted by Gasteiger charge is 2.13. The van der Waals surface area contributed by atoms with Crippen molar-refractivity contribution < 1.29 is 4.79 Å². The van der Waals surface area contributed by atoms with Gasteiger partial charge >= 0.3 is 0 Å². The van der Waals surface area contributed by atoms with E-state index in [1.165, 1.54) is 0 Å². The Balaban J connectivity index is 1.79. The largest absolute Gasteiger partial charge is 0.366 e. The highest BCUT2D eigenvalue weighted by Crippen LogP contribution is 2.20. The van der Waals surface area contributed by atoms with E-state index in [0.29, 0.717) is 17.8 Å². The third-order valence-electron chi connectivity index (χ3n) is 3.61. The van der Waals surface area contributed by atoms with Gasteiger partial charge in [0, 0.05) is 23.9 Å². The Morgan fingerprint density at radius 3 is 2.46 bits per heavy atom. The molecule has 0 fully saturated rings. The summed E-state index contributed by atoms with van der Waals surface area (Å²) in [6, 6.07) is 11.3. The maximum absolute atomic E-state index is 12.2. The minimum absolute atomic E-state index is 0.0593. The third kappa shape index (κ3) is 3.53. The monoisotopic (exact) mass is 323 g/mol. The van der Waals surface area contributed by atoms with E-state index < -0.39 is 0 Å². The number of aromatic nitrogens is 3. The Hall–Kier alpha value is -2.89. The van der Waals surface area contributed by atoms with E-state index in [1.807, 2.05) is 42.6 Å². The van der Waals surface area contributed by atoms with Gasteiger partial charge in [-0.05, 0) is 35.2 Å². The second kappa shape index (κ2) is 5.96. The maximum atomic E-state index is 12.2. The fourth-order valence-electron chi connectivity index (χ4n) is 2.33. The Morgan fingerprint density at radius 1 is 1.12 bits per heavy atom. The van der Waals surface area contributed by atoms with Crippen LogP contribution in [0.15, 0.2) is 42.6 Å². The molecule has 0 saturated carbocycles. The number of hydrogen-bond donors (Lipinski definition) is 2. The number of fused-ring (bicyclic) bond motifs is 1. The molecule has 0 bridgehead atoms. The van der Waals surface area contributed by atoms with Gasteiger partial charge in [0.15, 0.2) is 5.65 Å². The first-order valence-electron chi connectivity index (χ1n) is 7.82. The number of nitrogen functional groups attached to an aromatic ring is 1. The van der Waals surface area contributed by atoms with Crippen molar-refractivity contribution in [2.45, 2.75) is 20.8 Å². The van der Waals surface area contributed by atoms with Crippen molar-refractivity contribution in [3.05, 3.63) is 48.2 Å². The summed E-state index contributed by atoms with van der Waals surface area (Å²) in [7, 11) is 0. The molecule has 24 heavy (non-hydrogen) atoms. The number of nitrogens with one attached hydrogen (secondary N) is 1. The van der Waals surface area contributed by atoms with Gasteiger partial charge in [0.2, 0.25) is 5.95 Å². The van der Waals surface area contributed by atoms with Crippen molar-refractivity contribution in [2.75, 3.05) is 12.3 Å². The van der Waals surface area contributed by atoms with Crippen LogP contribution in [0.5, 0.6) is 0 Å². The van der Waals surface area contributed by atoms with Crippen LogP contribution in [0.3, 0.4) is 0 Å². The van der Waals surface area contributed by atoms with Crippen LogP contribution in [0.4, 0.5) is 5.95 Å². The van der Waals surface area contributed by atoms with Crippen LogP contribution in [0.1, 0.15) is 31.1 Å². The number of carbonyl (C=O) groups is 1. The molecule has 0 saturated heterocycles. The molecule has 0 aliphatic carbocycles. The van der Waals surface area contributed by atoms with Crippen LogP contribution in [-0.4, -0.2) is 27.0 Å². The molecular weight excluding hydrogens is 302 g/mol. The predicted octanol–water partition coefficient (Wildman–Crippen LogP) is 2.75. The molecule has 0 unspecified atom stereocenters. The molecule has 124 valence electrons. The van der Waals surface area contributed by atoms with Crippen LogP contribution < -0.4 is 11.1 Å². The average molecular weight is 323 g/mol. The normalized spacial score (nSPS) is 11.6. The lowest BCUT2D eigenvalue weighted by Crippen LogP contribution is -2.32. The summed E-state index contributed by atoms with van der Waals surface area (Å²) in [5.74, 6) is 0.189. The van der Waals surface area contributed by atoms with E-state index in [2.05, 4.69) is 36.2 Å². The number of benzene rings is 1. The summed E-state index contributed by atoms with van der Waals surface area (Å²) in [6.45, 7) is 6.90. The number of carbonyl (C=O) groups excluding carboxylic acids is 1. The maximum Gasteiger partial charge on any atom is 0.251 e. The van der Waals surface area contributed by atoms with Gasteiger partial charge in [0.1, 0.15) is 0 Å². The lowest BCUT2D eigenvalue weighted by Gasteiger charge is -2.18. The van der Waals surface area contributed by atoms with Crippen molar-refractivity contribution in [3.63, 3.8) is 0 Å². The Bertz CT molecular complexity index is 875. The summed E-state index contributed by atoms with van der Waals surface area (Å²) < 4.78 is 1.65. The molecule has 1 amide bonds. The lowest BCUT2D eigenvalue weighted by molar-refractivity contribution is 0.0939. The minimum atomic E-state index is -0.0593. The van der Waals surface area contributed by atoms with Crippen molar-refractivity contribution in [1.29, 1.82) is 0 Å². The predicted molar refractivity (Wildman–Crippen MR) is 94.6 cm³/mol. The molecule has 6 heteroatoms. The number of rotatable bonds is 3. The molecule has 3 rings (SSSR count). The molecular formula is C18H21N5O. The van der Waals surface area contributed by atoms with Crippen LogP contribution in [0.25, 0.3) is 16.8 Å². The summed E-state index contributed by atoms with van der Waals surface area (Å²) in [5.41, 5.74) is 8.99. The van der Waals surface area contributed by atoms with Crippen molar-refractivity contribution in [1.82, 2.24) is 19.9 Å². The lowest BCUT2D eigenvalue weighted by atomic mass is 9.97. The second-order valence-corrected chi connectivity index (χ2v) is 7.01. The van der Waals surface area contributed by atoms with Crippen LogP contribution in [0, 0.1) is 5.41 Å². The topological polar surface area (TPSA) is 85.3 Å². The molecule has 0 radical (unpaired) electrons. The molecule has 0 aliphatic rings. The molecule has 2 aromatic heterocycles. The van der Waals surface area contributed by atoms with Gasteiger partial charge in [-0.2, -0.15) is 4.98 Å². The van der Waals surface area contributed by atoms with Gasteiger partial charge in [0.05, 0.1) is 0 Å². The zero-order valence-corrected chi connectivity index (χ0v) is 14.1. The smallest absolute Gasteiger partial charge is 0.251 e. The summed E-state index contributed by atoms with van der Waals surface area (Å²) in [4.78, 5) is 16.3. The van der Waals surface area contributed by atoms with Gasteiger partial charge in [-0.15, -0.1) is 5.10 Å². The number of pyridine rings is 1. The highest BCUT2D eigenvalue weighted by molar-refractivity contribution is 5.94. The quantitative estimate of drug-likeness (QED) is 0.776. The van der Waals surface area contributed by atoms with E-state index in [9.17, 15) is 4.79 Å². The molecule has 3 aromatic rings. The number of hydrogen-bond acceptors (Lipinski definition) is 4. The van der Waals surface area contributed by atoms with E-state index in [-0.39, 0.29) is 17.3 Å². The first-order chi connectivity index (χ1) is 11.3. The van der Waals surface area contributed by atoms with E-state index in [0.717, 1.165) is 11.1 Å². The second-order valence-electron chi connectivity index (χ2n) is 7.01. The first kappa shape index (κ1) is 16.0. The van der Waals surface area contributed by atoms with Crippen LogP contribution >= 0.6 is 0 Å². The van der Waals surface area contributed by atoms with Crippen molar-refractivity contribution >= 4 is 17.5 Å². The van der Waals surface area contributed by atoms with Crippen molar-refractivity contribution in [2.24, 2.45) is 5.41 Å². The van der Waals surface area contributed by atoms with Gasteiger partial charge in [0.25, 0.3) is 5.91 Å². The zero-order valence-electron chi connectivity index (χ0n) is 14.1. The molecule has 6 nitrogen and oxygen atoms in total. The first-order valence-corrected chi connectivity index (χ1v) is 7.82. The molecule has 0 atom stereocenters. The number of anilines is 1. The fraction of sp³-hybridized carbons (Fsp3) is 0.278. The highest BCUT2D eigenvalue weighted by atomic mass is 16.1. The molecule has 1 aromatic carbocycles. The van der Waals surface area contributed by atoms with Gasteiger partial charge in [-0.3, -0.25) is 4.79 Å². The van der Waals surface area contributed by atoms with E-state index >= 15 is 0 Å². The molecule has 3 N–H and O–H groups in total. The summed E-state index contributed by atoms with van der Waals surface area (Å²) in [6.07, 6.45) is 1.87. The van der Waals surface area contributed by atoms with Gasteiger partial charge < -0.3 is 11.1 Å². The van der Waals surface area contributed by atoms with Gasteiger partial charge in [-0.1, -0.05) is 32.9 Å². The number of nitrogens with zero attached hydrogens (tertiary/aromatic N) is 3. The average Bonchev–Trinajstić information content (AvgIpc) is 2.91. The third-order valence-corrected chi connectivity index (χ3v) is 3.61. The fourth-order valence-corrected chi connectivity index (χ4v) is 2.33. The van der Waals surface area contributed by atoms with Crippen LogP contribution in [-0.2, 0) is 0 Å². The Kier molecular flexibility index (Phi) is 3.97. The van der Waals surface area contributed by atoms with E-state index in [4.69, 9.17) is 5.73 Å². The molecule has 2 heterocycles. The summed E-state index contributed by atoms with van der Waals surface area (Å²) in [5, 5.41) is 7.06. The van der Waals surface area contributed by atoms with E-state index in [1.54, 1.807) is 4.52 Å². The number of amides is 1. The van der Waals surface area contributed by atoms with Crippen molar-refractivity contribution in [3.8, 4) is 11.1 Å². The number of nitrogens with two attached hydrogens (primary N) is 1. The zero-order chi connectivity index (χ0) is 17.3. The van der Waals surface area contributed by atoms with Gasteiger partial charge in [-0.25, -0.2) is 4.52 Å². The Labute approximate surface area is 140 Å². The minimum Gasteiger partial charge on any atom is -0.366 e. The standard InChI is InChI=1S/C18H21N5O/c1-18(2,3)11-20-16(24)13-6-4-12(5-7-13)14-8-9-15-21-17(19)22-23(15)10-14/h4-10H,11H2,1-3H3,(H2,19,22)(H,20,24). The molecule has 0 spiro atoms. The SMILES string of the molecule is CC(C)(C)CNC(=O)c1ccc(-c2ccc3nc(N)nn3c2)cc1. The molecule has 0 aliphatic heterocycles. The summed E-state index contributed by atoms with van der Waals surface area (Å²) >= 11 is 0. The van der Waals surface area contributed by atoms with Crippen LogP contribution in [0.2, 0.25) is 0 Å². The Morgan fingerprint density at radius 2 is 1.79 bits per heavy atom.